The van der Waals surface area contributed by atoms with Crippen LogP contribution in [0.2, 0.25) is 0 Å². The minimum atomic E-state index is -0.112. The Bertz CT molecular complexity index is 1390. The van der Waals surface area contributed by atoms with Crippen LogP contribution >= 0.6 is 0 Å². The summed E-state index contributed by atoms with van der Waals surface area (Å²) in [5.74, 6) is 1.55. The Kier molecular flexibility index (Phi) is 11.0. The van der Waals surface area contributed by atoms with Crippen LogP contribution in [0.3, 0.4) is 0 Å². The van der Waals surface area contributed by atoms with E-state index in [4.69, 9.17) is 10.5 Å². The number of nitrogens with one attached hydrogen (secondary N) is 2. The van der Waals surface area contributed by atoms with Crippen molar-refractivity contribution in [1.29, 1.82) is 0 Å². The van der Waals surface area contributed by atoms with Gasteiger partial charge in [-0.05, 0) is 72.4 Å². The molecule has 4 N–H and O–H groups in total. The van der Waals surface area contributed by atoms with Crippen LogP contribution in [0.5, 0.6) is 5.75 Å². The van der Waals surface area contributed by atoms with E-state index in [1.54, 1.807) is 12.4 Å². The molecule has 216 valence electrons. The molecular weight excluding hydrogens is 512 g/mol. The van der Waals surface area contributed by atoms with Gasteiger partial charge in [-0.1, -0.05) is 44.9 Å². The first-order valence-corrected chi connectivity index (χ1v) is 14.6. The molecular formula is C33H42N6O2. The number of ether oxygens (including phenoxy) is 1. The minimum absolute atomic E-state index is 0.112. The van der Waals surface area contributed by atoms with Crippen LogP contribution in [-0.2, 0) is 39.0 Å². The molecule has 0 radical (unpaired) electrons. The maximum Gasteiger partial charge on any atom is 0.255 e. The van der Waals surface area contributed by atoms with Gasteiger partial charge in [0.05, 0.1) is 18.8 Å². The van der Waals surface area contributed by atoms with E-state index in [-0.39, 0.29) is 5.91 Å². The number of benzene rings is 2. The van der Waals surface area contributed by atoms with Gasteiger partial charge in [0.2, 0.25) is 0 Å². The van der Waals surface area contributed by atoms with Gasteiger partial charge in [-0.25, -0.2) is 4.98 Å². The molecule has 2 aromatic carbocycles. The number of rotatable bonds is 15. The number of aromatic nitrogens is 3. The molecule has 4 aromatic rings. The fraction of sp³-hybridized carbons (Fsp3) is 0.364. The Morgan fingerprint density at radius 2 is 1.71 bits per heavy atom. The van der Waals surface area contributed by atoms with Gasteiger partial charge in [-0.2, -0.15) is 0 Å². The fourth-order valence-electron chi connectivity index (χ4n) is 5.17. The third-order valence-electron chi connectivity index (χ3n) is 7.07. The van der Waals surface area contributed by atoms with Crippen LogP contribution in [0.4, 0.5) is 5.69 Å². The number of hydrogen-bond donors (Lipinski definition) is 3. The molecule has 0 aliphatic rings. The Morgan fingerprint density at radius 1 is 0.927 bits per heavy atom. The zero-order chi connectivity index (χ0) is 29.0. The minimum Gasteiger partial charge on any atom is -0.492 e. The van der Waals surface area contributed by atoms with E-state index in [1.807, 2.05) is 55.6 Å². The van der Waals surface area contributed by atoms with E-state index >= 15 is 0 Å². The van der Waals surface area contributed by atoms with E-state index in [0.717, 1.165) is 59.8 Å². The molecule has 0 bridgehead atoms. The largest absolute Gasteiger partial charge is 0.492 e. The van der Waals surface area contributed by atoms with Gasteiger partial charge in [0.25, 0.3) is 5.91 Å². The molecule has 0 saturated carbocycles. The lowest BCUT2D eigenvalue weighted by atomic mass is 9.92. The second-order valence-electron chi connectivity index (χ2n) is 10.1. The highest BCUT2D eigenvalue weighted by molar-refractivity contribution is 6.04. The van der Waals surface area contributed by atoms with Gasteiger partial charge >= 0.3 is 0 Å². The summed E-state index contributed by atoms with van der Waals surface area (Å²) >= 11 is 0. The number of nitrogens with two attached hydrogens (primary N) is 1. The van der Waals surface area contributed by atoms with Crippen molar-refractivity contribution in [2.75, 3.05) is 11.9 Å². The number of pyridine rings is 1. The molecule has 41 heavy (non-hydrogen) atoms. The molecule has 0 aliphatic carbocycles. The van der Waals surface area contributed by atoms with Crippen LogP contribution in [0.15, 0.2) is 67.1 Å². The lowest BCUT2D eigenvalue weighted by Crippen LogP contribution is -2.24. The summed E-state index contributed by atoms with van der Waals surface area (Å²) < 4.78 is 5.81. The van der Waals surface area contributed by atoms with E-state index < -0.39 is 0 Å². The van der Waals surface area contributed by atoms with E-state index in [2.05, 4.69) is 45.1 Å². The van der Waals surface area contributed by atoms with Crippen molar-refractivity contribution in [2.45, 2.75) is 72.6 Å². The first kappa shape index (κ1) is 30.0. The zero-order valence-electron chi connectivity index (χ0n) is 24.5. The maximum atomic E-state index is 13.3. The summed E-state index contributed by atoms with van der Waals surface area (Å²) in [6.45, 7) is 9.27. The molecule has 0 aliphatic heterocycles. The second kappa shape index (κ2) is 15.1. The predicted molar refractivity (Wildman–Crippen MR) is 164 cm³/mol. The topological polar surface area (TPSA) is 109 Å². The summed E-state index contributed by atoms with van der Waals surface area (Å²) in [4.78, 5) is 27.7. The van der Waals surface area contributed by atoms with Crippen LogP contribution in [0, 0.1) is 0 Å². The maximum absolute atomic E-state index is 13.3. The van der Waals surface area contributed by atoms with Gasteiger partial charge < -0.3 is 20.8 Å². The van der Waals surface area contributed by atoms with Crippen LogP contribution < -0.4 is 15.8 Å². The third kappa shape index (κ3) is 8.02. The number of amides is 1. The quantitative estimate of drug-likeness (QED) is 0.166. The van der Waals surface area contributed by atoms with Crippen LogP contribution in [0.1, 0.15) is 77.7 Å². The Balaban J connectivity index is 1.50. The van der Waals surface area contributed by atoms with Gasteiger partial charge in [0.15, 0.2) is 0 Å². The summed E-state index contributed by atoms with van der Waals surface area (Å²) in [7, 11) is 0. The van der Waals surface area contributed by atoms with Crippen molar-refractivity contribution in [3.8, 4) is 5.75 Å². The molecule has 0 saturated heterocycles. The number of H-pyrrole nitrogens is 1. The van der Waals surface area contributed by atoms with Gasteiger partial charge in [0, 0.05) is 49.5 Å². The van der Waals surface area contributed by atoms with Crippen molar-refractivity contribution in [3.63, 3.8) is 0 Å². The molecule has 0 unspecified atom stereocenters. The number of aromatic amines is 1. The smallest absolute Gasteiger partial charge is 0.255 e. The Hall–Kier alpha value is -4.01. The highest BCUT2D eigenvalue weighted by atomic mass is 16.5. The molecule has 2 aromatic heterocycles. The monoisotopic (exact) mass is 554 g/mol. The number of carbonyl (C=O) groups is 1. The lowest BCUT2D eigenvalue weighted by Gasteiger charge is -2.22. The highest BCUT2D eigenvalue weighted by Gasteiger charge is 2.17. The highest BCUT2D eigenvalue weighted by Crippen LogP contribution is 2.27. The summed E-state index contributed by atoms with van der Waals surface area (Å²) in [5, 5.41) is 3.18. The average Bonchev–Trinajstić information content (AvgIpc) is 3.49. The molecule has 2 heterocycles. The van der Waals surface area contributed by atoms with Crippen molar-refractivity contribution < 1.29 is 9.53 Å². The standard InChI is InChI=1S/C33H42N6O2/c1-4-8-27-26(20-34)15-16-29(28(27)9-5-2)38-33(40)25-13-11-24(12-14-25)21-39(23-32-36-18-19-37-32)22-30-31(41-6-3)10-7-17-35-30/h7,10-19H,4-6,8-9,20-23,34H2,1-3H3,(H,36,37)(H,38,40). The van der Waals surface area contributed by atoms with Crippen LogP contribution in [-0.4, -0.2) is 32.4 Å². The number of nitrogens with zero attached hydrogens (tertiary/aromatic N) is 3. The molecule has 0 atom stereocenters. The van der Waals surface area contributed by atoms with Crippen molar-refractivity contribution in [2.24, 2.45) is 5.73 Å². The van der Waals surface area contributed by atoms with Crippen molar-refractivity contribution in [1.82, 2.24) is 19.9 Å². The SMILES string of the molecule is CCCc1c(CN)ccc(NC(=O)c2ccc(CN(Cc3ncc[nH]3)Cc3ncccc3OCC)cc2)c1CCC. The first-order chi connectivity index (χ1) is 20.1. The van der Waals surface area contributed by atoms with E-state index in [1.165, 1.54) is 11.1 Å². The summed E-state index contributed by atoms with van der Waals surface area (Å²) in [5.41, 5.74) is 13.2. The molecule has 0 fully saturated rings. The summed E-state index contributed by atoms with van der Waals surface area (Å²) in [6, 6.07) is 15.7. The van der Waals surface area contributed by atoms with Gasteiger partial charge in [-0.3, -0.25) is 14.7 Å². The van der Waals surface area contributed by atoms with Crippen LogP contribution in [0.25, 0.3) is 0 Å². The van der Waals surface area contributed by atoms with E-state index in [9.17, 15) is 4.79 Å². The normalized spacial score (nSPS) is 11.1. The summed E-state index contributed by atoms with van der Waals surface area (Å²) in [6.07, 6.45) is 9.27. The first-order valence-electron chi connectivity index (χ1n) is 14.6. The zero-order valence-corrected chi connectivity index (χ0v) is 24.5. The van der Waals surface area contributed by atoms with Gasteiger partial charge in [-0.15, -0.1) is 0 Å². The van der Waals surface area contributed by atoms with Gasteiger partial charge in [0.1, 0.15) is 11.6 Å². The number of anilines is 1. The van der Waals surface area contributed by atoms with Crippen molar-refractivity contribution >= 4 is 11.6 Å². The second-order valence-corrected chi connectivity index (χ2v) is 10.1. The molecule has 8 nitrogen and oxygen atoms in total. The fourth-order valence-corrected chi connectivity index (χ4v) is 5.17. The lowest BCUT2D eigenvalue weighted by molar-refractivity contribution is 0.102. The number of carbonyl (C=O) groups excluding carboxylic acids is 1. The molecule has 8 heteroatoms. The molecule has 1 amide bonds. The van der Waals surface area contributed by atoms with Crippen molar-refractivity contribution in [3.05, 3.63) is 106 Å². The average molecular weight is 555 g/mol. The third-order valence-corrected chi connectivity index (χ3v) is 7.07. The number of imidazole rings is 1. The Morgan fingerprint density at radius 3 is 2.39 bits per heavy atom. The molecule has 4 rings (SSSR count). The predicted octanol–water partition coefficient (Wildman–Crippen LogP) is 6.02. The molecule has 0 spiro atoms. The Labute approximate surface area is 243 Å². The van der Waals surface area contributed by atoms with E-state index in [0.29, 0.717) is 38.3 Å². The number of hydrogen-bond acceptors (Lipinski definition) is 6.